The van der Waals surface area contributed by atoms with Crippen LogP contribution in [0.4, 0.5) is 0 Å². The second kappa shape index (κ2) is 8.02. The normalized spacial score (nSPS) is 11.8. The first-order valence-corrected chi connectivity index (χ1v) is 9.26. The molecule has 0 fully saturated rings. The third kappa shape index (κ3) is 4.19. The van der Waals surface area contributed by atoms with E-state index in [0.717, 1.165) is 16.7 Å². The molecule has 0 saturated carbocycles. The summed E-state index contributed by atoms with van der Waals surface area (Å²) < 4.78 is 1.54. The predicted molar refractivity (Wildman–Crippen MR) is 109 cm³/mol. The molecule has 2 aromatic carbocycles. The zero-order valence-electron chi connectivity index (χ0n) is 16.1. The lowest BCUT2D eigenvalue weighted by Gasteiger charge is -2.15. The molecule has 0 aliphatic heterocycles. The molecule has 0 bridgehead atoms. The minimum atomic E-state index is -0.176. The van der Waals surface area contributed by atoms with Crippen LogP contribution in [0.15, 0.2) is 73.3 Å². The van der Waals surface area contributed by atoms with Gasteiger partial charge in [-0.3, -0.25) is 9.78 Å². The molecule has 7 nitrogen and oxygen atoms in total. The number of aryl methyl sites for hydroxylation is 1. The number of hydrogen-bond acceptors (Lipinski definition) is 5. The summed E-state index contributed by atoms with van der Waals surface area (Å²) in [4.78, 5) is 17.1. The summed E-state index contributed by atoms with van der Waals surface area (Å²) >= 11 is 0. The van der Waals surface area contributed by atoms with Gasteiger partial charge in [0, 0.05) is 18.0 Å². The Bertz CT molecular complexity index is 1110. The predicted octanol–water partition coefficient (Wildman–Crippen LogP) is 3.52. The zero-order chi connectivity index (χ0) is 20.2. The van der Waals surface area contributed by atoms with E-state index in [1.54, 1.807) is 23.1 Å². The van der Waals surface area contributed by atoms with Crippen LogP contribution in [0.1, 0.15) is 34.5 Å². The molecule has 0 saturated heterocycles. The van der Waals surface area contributed by atoms with Gasteiger partial charge in [0.2, 0.25) is 0 Å². The van der Waals surface area contributed by atoms with E-state index in [1.807, 2.05) is 62.4 Å². The van der Waals surface area contributed by atoms with Crippen LogP contribution in [-0.4, -0.2) is 31.1 Å². The first kappa shape index (κ1) is 18.5. The van der Waals surface area contributed by atoms with Gasteiger partial charge in [-0.1, -0.05) is 35.9 Å². The number of carbonyl (C=O) groups is 1. The number of amides is 1. The maximum absolute atomic E-state index is 13.0. The Kier molecular flexibility index (Phi) is 5.11. The number of rotatable bonds is 5. The molecule has 1 amide bonds. The van der Waals surface area contributed by atoms with E-state index < -0.39 is 0 Å². The largest absolute Gasteiger partial charge is 0.345 e. The van der Waals surface area contributed by atoms with Crippen LogP contribution in [-0.2, 0) is 0 Å². The molecule has 0 aliphatic rings. The summed E-state index contributed by atoms with van der Waals surface area (Å²) in [7, 11) is 0. The fourth-order valence-corrected chi connectivity index (χ4v) is 3.06. The number of tetrazole rings is 1. The molecular weight excluding hydrogens is 364 g/mol. The number of pyridine rings is 1. The van der Waals surface area contributed by atoms with Gasteiger partial charge in [-0.15, -0.1) is 5.10 Å². The smallest absolute Gasteiger partial charge is 0.251 e. The minimum Gasteiger partial charge on any atom is -0.345 e. The molecule has 2 heterocycles. The highest BCUT2D eigenvalue weighted by Crippen LogP contribution is 2.25. The van der Waals surface area contributed by atoms with Crippen molar-refractivity contribution in [1.82, 2.24) is 30.5 Å². The molecule has 0 radical (unpaired) electrons. The van der Waals surface area contributed by atoms with Gasteiger partial charge in [-0.25, -0.2) is 4.68 Å². The van der Waals surface area contributed by atoms with E-state index in [1.165, 1.54) is 11.9 Å². The molecule has 0 spiro atoms. The van der Waals surface area contributed by atoms with Crippen molar-refractivity contribution in [2.24, 2.45) is 0 Å². The topological polar surface area (TPSA) is 85.6 Å². The highest BCUT2D eigenvalue weighted by atomic mass is 16.1. The highest BCUT2D eigenvalue weighted by Gasteiger charge is 2.15. The first-order chi connectivity index (χ1) is 14.1. The van der Waals surface area contributed by atoms with Crippen LogP contribution in [0.3, 0.4) is 0 Å². The van der Waals surface area contributed by atoms with Crippen molar-refractivity contribution in [2.45, 2.75) is 19.9 Å². The molecule has 1 N–H and O–H groups in total. The van der Waals surface area contributed by atoms with Crippen LogP contribution in [0.5, 0.6) is 0 Å². The van der Waals surface area contributed by atoms with E-state index in [-0.39, 0.29) is 11.9 Å². The number of nitrogens with one attached hydrogen (secondary N) is 1. The van der Waals surface area contributed by atoms with Gasteiger partial charge >= 0.3 is 0 Å². The Hall–Kier alpha value is -3.87. The molecular formula is C22H20N6O. The molecule has 7 heteroatoms. The maximum atomic E-state index is 13.0. The van der Waals surface area contributed by atoms with Gasteiger partial charge in [0.1, 0.15) is 6.33 Å². The molecule has 1 unspecified atom stereocenters. The standard InChI is InChI=1S/C22H20N6O/c1-15-5-7-17(8-6-15)19-10-20(12-21(11-19)28-14-24-26-27-28)22(29)25-16(2)18-4-3-9-23-13-18/h3-14,16H,1-2H3,(H,25,29). The molecule has 1 atom stereocenters. The summed E-state index contributed by atoms with van der Waals surface area (Å²) in [5, 5.41) is 14.4. The van der Waals surface area contributed by atoms with Crippen molar-refractivity contribution in [3.63, 3.8) is 0 Å². The molecule has 144 valence electrons. The number of benzene rings is 2. The third-order valence-corrected chi connectivity index (χ3v) is 4.71. The Morgan fingerprint density at radius 3 is 2.59 bits per heavy atom. The maximum Gasteiger partial charge on any atom is 0.251 e. The summed E-state index contributed by atoms with van der Waals surface area (Å²) in [6.07, 6.45) is 4.97. The number of hydrogen-bond donors (Lipinski definition) is 1. The van der Waals surface area contributed by atoms with E-state index >= 15 is 0 Å². The van der Waals surface area contributed by atoms with Gasteiger partial charge in [0.05, 0.1) is 11.7 Å². The molecule has 0 aliphatic carbocycles. The van der Waals surface area contributed by atoms with Crippen molar-refractivity contribution >= 4 is 5.91 Å². The Morgan fingerprint density at radius 2 is 1.90 bits per heavy atom. The van der Waals surface area contributed by atoms with E-state index in [2.05, 4.69) is 25.8 Å². The monoisotopic (exact) mass is 384 g/mol. The average Bonchev–Trinajstić information content (AvgIpc) is 3.29. The Balaban J connectivity index is 1.70. The number of carbonyl (C=O) groups excluding carboxylic acids is 1. The van der Waals surface area contributed by atoms with Gasteiger partial charge in [0.25, 0.3) is 5.91 Å². The van der Waals surface area contributed by atoms with Crippen LogP contribution >= 0.6 is 0 Å². The van der Waals surface area contributed by atoms with Gasteiger partial charge in [-0.05, 0) is 65.2 Å². The van der Waals surface area contributed by atoms with Crippen molar-refractivity contribution in [3.8, 4) is 16.8 Å². The third-order valence-electron chi connectivity index (χ3n) is 4.71. The van der Waals surface area contributed by atoms with Crippen LogP contribution < -0.4 is 5.32 Å². The quantitative estimate of drug-likeness (QED) is 0.569. The lowest BCUT2D eigenvalue weighted by atomic mass is 10.0. The lowest BCUT2D eigenvalue weighted by molar-refractivity contribution is 0.0940. The van der Waals surface area contributed by atoms with E-state index in [9.17, 15) is 4.79 Å². The van der Waals surface area contributed by atoms with Crippen LogP contribution in [0.25, 0.3) is 16.8 Å². The van der Waals surface area contributed by atoms with Crippen molar-refractivity contribution in [1.29, 1.82) is 0 Å². The van der Waals surface area contributed by atoms with E-state index in [4.69, 9.17) is 0 Å². The fraction of sp³-hybridized carbons (Fsp3) is 0.136. The second-order valence-corrected chi connectivity index (χ2v) is 6.87. The SMILES string of the molecule is Cc1ccc(-c2cc(C(=O)NC(C)c3cccnc3)cc(-n3cnnn3)c2)cc1. The van der Waals surface area contributed by atoms with Gasteiger partial charge in [-0.2, -0.15) is 0 Å². The van der Waals surface area contributed by atoms with Gasteiger partial charge in [0.15, 0.2) is 0 Å². The average molecular weight is 384 g/mol. The van der Waals surface area contributed by atoms with Crippen LogP contribution in [0.2, 0.25) is 0 Å². The minimum absolute atomic E-state index is 0.171. The molecule has 2 aromatic heterocycles. The lowest BCUT2D eigenvalue weighted by Crippen LogP contribution is -2.26. The van der Waals surface area contributed by atoms with Crippen molar-refractivity contribution in [2.75, 3.05) is 0 Å². The fourth-order valence-electron chi connectivity index (χ4n) is 3.06. The first-order valence-electron chi connectivity index (χ1n) is 9.26. The zero-order valence-corrected chi connectivity index (χ0v) is 16.1. The second-order valence-electron chi connectivity index (χ2n) is 6.87. The molecule has 29 heavy (non-hydrogen) atoms. The summed E-state index contributed by atoms with van der Waals surface area (Å²) in [5.74, 6) is -0.176. The van der Waals surface area contributed by atoms with Crippen molar-refractivity contribution in [3.05, 3.63) is 90.0 Å². The molecule has 4 rings (SSSR count). The number of nitrogens with zero attached hydrogens (tertiary/aromatic N) is 5. The highest BCUT2D eigenvalue weighted by molar-refractivity contribution is 5.96. The Labute approximate surface area is 168 Å². The molecule has 4 aromatic rings. The van der Waals surface area contributed by atoms with Crippen LogP contribution in [0, 0.1) is 6.92 Å². The van der Waals surface area contributed by atoms with Crippen molar-refractivity contribution < 1.29 is 4.79 Å². The summed E-state index contributed by atoms with van der Waals surface area (Å²) in [6, 6.07) is 17.4. The number of aromatic nitrogens is 5. The Morgan fingerprint density at radius 1 is 1.07 bits per heavy atom. The summed E-state index contributed by atoms with van der Waals surface area (Å²) in [5.41, 5.74) is 5.29. The summed E-state index contributed by atoms with van der Waals surface area (Å²) in [6.45, 7) is 3.97. The van der Waals surface area contributed by atoms with E-state index in [0.29, 0.717) is 11.3 Å². The van der Waals surface area contributed by atoms with Gasteiger partial charge < -0.3 is 5.32 Å².